The van der Waals surface area contributed by atoms with E-state index < -0.39 is 17.8 Å². The van der Waals surface area contributed by atoms with Crippen molar-refractivity contribution in [1.29, 1.82) is 0 Å². The molecule has 0 spiro atoms. The Morgan fingerprint density at radius 2 is 1.93 bits per heavy atom. The Balaban J connectivity index is 1.56. The fourth-order valence-corrected chi connectivity index (χ4v) is 4.12. The number of hydrogen-bond acceptors (Lipinski definition) is 4. The molecule has 3 atom stereocenters. The first kappa shape index (κ1) is 20.3. The number of hydrogen-bond donors (Lipinski definition) is 2. The largest absolute Gasteiger partial charge is 0.481 e. The van der Waals surface area contributed by atoms with Crippen molar-refractivity contribution in [2.24, 2.45) is 17.8 Å². The number of amides is 2. The molecule has 7 nitrogen and oxygen atoms in total. The standard InChI is InChI=1S/C21H28N2O5/c1-14(15-5-3-2-4-6-15)23-13-17(11-19(23)24)20(25)22-12-18(21(26)27)16-7-9-28-10-8-16/h2-6,14,16-18H,7-13H2,1H3,(H,22,25)(H,26,27). The van der Waals surface area contributed by atoms with E-state index in [4.69, 9.17) is 4.74 Å². The molecule has 2 amide bonds. The van der Waals surface area contributed by atoms with Gasteiger partial charge in [-0.2, -0.15) is 0 Å². The molecule has 1 aromatic rings. The van der Waals surface area contributed by atoms with Crippen LogP contribution in [0.3, 0.4) is 0 Å². The Morgan fingerprint density at radius 3 is 2.57 bits per heavy atom. The fourth-order valence-electron chi connectivity index (χ4n) is 4.12. The number of rotatable bonds is 7. The average molecular weight is 388 g/mol. The number of nitrogens with zero attached hydrogens (tertiary/aromatic N) is 1. The quantitative estimate of drug-likeness (QED) is 0.743. The lowest BCUT2D eigenvalue weighted by atomic mass is 9.86. The molecule has 0 radical (unpaired) electrons. The summed E-state index contributed by atoms with van der Waals surface area (Å²) in [4.78, 5) is 38.4. The summed E-state index contributed by atoms with van der Waals surface area (Å²) in [5.41, 5.74) is 1.03. The molecule has 0 aliphatic carbocycles. The van der Waals surface area contributed by atoms with E-state index in [1.54, 1.807) is 4.90 Å². The van der Waals surface area contributed by atoms with Crippen LogP contribution in [0.25, 0.3) is 0 Å². The average Bonchev–Trinajstić information content (AvgIpc) is 3.10. The van der Waals surface area contributed by atoms with Gasteiger partial charge < -0.3 is 20.1 Å². The van der Waals surface area contributed by atoms with Crippen molar-refractivity contribution in [3.8, 4) is 0 Å². The van der Waals surface area contributed by atoms with Crippen molar-refractivity contribution in [1.82, 2.24) is 10.2 Å². The van der Waals surface area contributed by atoms with Crippen LogP contribution in [0.5, 0.6) is 0 Å². The SMILES string of the molecule is CC(c1ccccc1)N1CC(C(=O)NCC(C(=O)O)C2CCOCC2)CC1=O. The topological polar surface area (TPSA) is 95.9 Å². The molecule has 152 valence electrons. The highest BCUT2D eigenvalue weighted by atomic mass is 16.5. The van der Waals surface area contributed by atoms with E-state index in [1.807, 2.05) is 37.3 Å². The van der Waals surface area contributed by atoms with Gasteiger partial charge in [0.25, 0.3) is 0 Å². The van der Waals surface area contributed by atoms with Gasteiger partial charge in [0.15, 0.2) is 0 Å². The molecule has 2 saturated heterocycles. The number of carbonyl (C=O) groups is 3. The number of likely N-dealkylation sites (tertiary alicyclic amines) is 1. The molecule has 0 aromatic heterocycles. The Bertz CT molecular complexity index is 702. The minimum atomic E-state index is -0.894. The summed E-state index contributed by atoms with van der Waals surface area (Å²) in [5.74, 6) is -2.24. The zero-order valence-electron chi connectivity index (χ0n) is 16.2. The summed E-state index contributed by atoms with van der Waals surface area (Å²) in [5, 5.41) is 12.3. The Hall–Kier alpha value is -2.41. The minimum Gasteiger partial charge on any atom is -0.481 e. The third kappa shape index (κ3) is 4.70. The second kappa shape index (κ2) is 9.19. The van der Waals surface area contributed by atoms with Gasteiger partial charge in [-0.3, -0.25) is 14.4 Å². The summed E-state index contributed by atoms with van der Waals surface area (Å²) >= 11 is 0. The zero-order valence-corrected chi connectivity index (χ0v) is 16.2. The van der Waals surface area contributed by atoms with Gasteiger partial charge in [-0.15, -0.1) is 0 Å². The molecule has 1 aromatic carbocycles. The van der Waals surface area contributed by atoms with Gasteiger partial charge in [0, 0.05) is 32.7 Å². The van der Waals surface area contributed by atoms with E-state index in [0.717, 1.165) is 5.56 Å². The lowest BCUT2D eigenvalue weighted by Crippen LogP contribution is -2.41. The number of benzene rings is 1. The van der Waals surface area contributed by atoms with Crippen LogP contribution >= 0.6 is 0 Å². The van der Waals surface area contributed by atoms with Crippen molar-refractivity contribution >= 4 is 17.8 Å². The number of carboxylic acids is 1. The predicted molar refractivity (Wildman–Crippen MR) is 102 cm³/mol. The van der Waals surface area contributed by atoms with Crippen LogP contribution in [-0.4, -0.2) is 54.1 Å². The molecule has 2 N–H and O–H groups in total. The first-order chi connectivity index (χ1) is 13.5. The molecule has 2 heterocycles. The van der Waals surface area contributed by atoms with Gasteiger partial charge >= 0.3 is 5.97 Å². The van der Waals surface area contributed by atoms with E-state index in [9.17, 15) is 19.5 Å². The van der Waals surface area contributed by atoms with Crippen molar-refractivity contribution in [3.05, 3.63) is 35.9 Å². The van der Waals surface area contributed by atoms with Crippen molar-refractivity contribution in [3.63, 3.8) is 0 Å². The fraction of sp³-hybridized carbons (Fsp3) is 0.571. The number of ether oxygens (including phenoxy) is 1. The molecule has 3 rings (SSSR count). The Labute approximate surface area is 165 Å². The third-order valence-electron chi connectivity index (χ3n) is 5.93. The molecule has 2 aliphatic heterocycles. The predicted octanol–water partition coefficient (Wildman–Crippen LogP) is 1.84. The van der Waals surface area contributed by atoms with E-state index in [2.05, 4.69) is 5.32 Å². The van der Waals surface area contributed by atoms with Crippen LogP contribution in [0.15, 0.2) is 30.3 Å². The van der Waals surface area contributed by atoms with E-state index >= 15 is 0 Å². The maximum atomic E-state index is 12.6. The van der Waals surface area contributed by atoms with Gasteiger partial charge in [0.05, 0.1) is 17.9 Å². The highest BCUT2D eigenvalue weighted by Crippen LogP contribution is 2.29. The molecule has 28 heavy (non-hydrogen) atoms. The summed E-state index contributed by atoms with van der Waals surface area (Å²) in [7, 11) is 0. The first-order valence-electron chi connectivity index (χ1n) is 9.90. The van der Waals surface area contributed by atoms with Gasteiger partial charge in [-0.1, -0.05) is 30.3 Å². The monoisotopic (exact) mass is 388 g/mol. The molecule has 2 aliphatic rings. The van der Waals surface area contributed by atoms with Crippen LogP contribution < -0.4 is 5.32 Å². The van der Waals surface area contributed by atoms with Crippen LogP contribution in [-0.2, 0) is 19.1 Å². The maximum absolute atomic E-state index is 12.6. The molecular weight excluding hydrogens is 360 g/mol. The third-order valence-corrected chi connectivity index (χ3v) is 5.93. The first-order valence-corrected chi connectivity index (χ1v) is 9.90. The Kier molecular flexibility index (Phi) is 6.67. The second-order valence-electron chi connectivity index (χ2n) is 7.67. The van der Waals surface area contributed by atoms with E-state index in [-0.39, 0.29) is 36.7 Å². The van der Waals surface area contributed by atoms with E-state index in [1.165, 1.54) is 0 Å². The highest BCUT2D eigenvalue weighted by molar-refractivity contribution is 5.89. The molecule has 0 bridgehead atoms. The van der Waals surface area contributed by atoms with Gasteiger partial charge in [0.2, 0.25) is 11.8 Å². The Morgan fingerprint density at radius 1 is 1.25 bits per heavy atom. The van der Waals surface area contributed by atoms with Crippen molar-refractivity contribution in [2.45, 2.75) is 32.2 Å². The number of carbonyl (C=O) groups excluding carboxylic acids is 2. The number of carboxylic acid groups (broad SMARTS) is 1. The summed E-state index contributed by atoms with van der Waals surface area (Å²) in [6, 6.07) is 9.63. The summed E-state index contributed by atoms with van der Waals surface area (Å²) < 4.78 is 5.30. The normalized spacial score (nSPS) is 22.7. The van der Waals surface area contributed by atoms with Crippen molar-refractivity contribution in [2.75, 3.05) is 26.3 Å². The van der Waals surface area contributed by atoms with Gasteiger partial charge in [-0.25, -0.2) is 0 Å². The molecule has 3 unspecified atom stereocenters. The number of nitrogens with one attached hydrogen (secondary N) is 1. The minimum absolute atomic E-state index is 0.00589. The van der Waals surface area contributed by atoms with Crippen LogP contribution in [0.4, 0.5) is 0 Å². The van der Waals surface area contributed by atoms with E-state index in [0.29, 0.717) is 32.6 Å². The zero-order chi connectivity index (χ0) is 20.1. The van der Waals surface area contributed by atoms with Gasteiger partial charge in [-0.05, 0) is 31.2 Å². The number of aliphatic carboxylic acids is 1. The summed E-state index contributed by atoms with van der Waals surface area (Å²) in [6.45, 7) is 3.53. The smallest absolute Gasteiger partial charge is 0.308 e. The van der Waals surface area contributed by atoms with Crippen LogP contribution in [0, 0.1) is 17.8 Å². The maximum Gasteiger partial charge on any atom is 0.308 e. The van der Waals surface area contributed by atoms with Crippen LogP contribution in [0.2, 0.25) is 0 Å². The van der Waals surface area contributed by atoms with Gasteiger partial charge in [0.1, 0.15) is 0 Å². The lowest BCUT2D eigenvalue weighted by molar-refractivity contribution is -0.145. The molecular formula is C21H28N2O5. The molecule has 2 fully saturated rings. The molecule has 0 saturated carbocycles. The summed E-state index contributed by atoms with van der Waals surface area (Å²) in [6.07, 6.45) is 1.55. The molecule has 7 heteroatoms. The van der Waals surface area contributed by atoms with Crippen molar-refractivity contribution < 1.29 is 24.2 Å². The highest BCUT2D eigenvalue weighted by Gasteiger charge is 2.38. The second-order valence-corrected chi connectivity index (χ2v) is 7.67. The van der Waals surface area contributed by atoms with Crippen LogP contribution in [0.1, 0.15) is 37.8 Å². The lowest BCUT2D eigenvalue weighted by Gasteiger charge is -2.28.